The van der Waals surface area contributed by atoms with Gasteiger partial charge >= 0.3 is 0 Å². The third-order valence-electron chi connectivity index (χ3n) is 12.4. The maximum absolute atomic E-state index is 6.19. The molecule has 3 aromatic heterocycles. The molecule has 0 bridgehead atoms. The van der Waals surface area contributed by atoms with E-state index in [0.717, 1.165) is 77.0 Å². The molecule has 0 amide bonds. The molecular formula is C56H37N3OSi. The zero-order valence-corrected chi connectivity index (χ0v) is 34.1. The zero-order chi connectivity index (χ0) is 40.3. The van der Waals surface area contributed by atoms with Crippen molar-refractivity contribution in [2.75, 3.05) is 0 Å². The summed E-state index contributed by atoms with van der Waals surface area (Å²) >= 11 is 0. The number of benzene rings is 9. The Kier molecular flexibility index (Phi) is 8.15. The van der Waals surface area contributed by atoms with Crippen molar-refractivity contribution < 1.29 is 4.42 Å². The third kappa shape index (κ3) is 5.59. The van der Waals surface area contributed by atoms with E-state index in [0.29, 0.717) is 5.95 Å². The van der Waals surface area contributed by atoms with Crippen molar-refractivity contribution in [3.05, 3.63) is 224 Å². The van der Waals surface area contributed by atoms with Gasteiger partial charge in [0, 0.05) is 32.5 Å². The molecule has 0 N–H and O–H groups in total. The van der Waals surface area contributed by atoms with Crippen LogP contribution in [0.3, 0.4) is 0 Å². The summed E-state index contributed by atoms with van der Waals surface area (Å²) in [6.07, 6.45) is 0. The van der Waals surface area contributed by atoms with Gasteiger partial charge in [-0.15, -0.1) is 0 Å². The second-order valence-electron chi connectivity index (χ2n) is 15.7. The van der Waals surface area contributed by atoms with Gasteiger partial charge in [0.15, 0.2) is 8.07 Å². The van der Waals surface area contributed by atoms with E-state index in [4.69, 9.17) is 14.4 Å². The molecule has 3 heterocycles. The highest BCUT2D eigenvalue weighted by Gasteiger charge is 2.41. The normalized spacial score (nSPS) is 11.9. The molecule has 61 heavy (non-hydrogen) atoms. The molecular weight excluding hydrogens is 759 g/mol. The highest BCUT2D eigenvalue weighted by molar-refractivity contribution is 7.19. The quantitative estimate of drug-likeness (QED) is 0.119. The predicted molar refractivity (Wildman–Crippen MR) is 256 cm³/mol. The lowest BCUT2D eigenvalue weighted by molar-refractivity contribution is 0.669. The summed E-state index contributed by atoms with van der Waals surface area (Å²) in [6.45, 7) is 0. The number of nitrogens with zero attached hydrogens (tertiary/aromatic N) is 3. The topological polar surface area (TPSA) is 43.9 Å². The minimum atomic E-state index is -2.79. The minimum absolute atomic E-state index is 0.636. The summed E-state index contributed by atoms with van der Waals surface area (Å²) in [5.74, 6) is 0.636. The van der Waals surface area contributed by atoms with Gasteiger partial charge in [0.1, 0.15) is 11.2 Å². The van der Waals surface area contributed by atoms with Crippen molar-refractivity contribution in [1.82, 2.24) is 14.5 Å². The molecule has 0 unspecified atom stereocenters. The van der Waals surface area contributed by atoms with Crippen LogP contribution in [0.2, 0.25) is 0 Å². The fraction of sp³-hybridized carbons (Fsp3) is 0. The van der Waals surface area contributed by atoms with Gasteiger partial charge in [-0.2, -0.15) is 0 Å². The van der Waals surface area contributed by atoms with E-state index in [1.165, 1.54) is 20.7 Å². The summed E-state index contributed by atoms with van der Waals surface area (Å²) in [7, 11) is -2.79. The van der Waals surface area contributed by atoms with Gasteiger partial charge in [0.25, 0.3) is 0 Å². The number of fused-ring (bicyclic) bond motifs is 7. The summed E-state index contributed by atoms with van der Waals surface area (Å²) in [6, 6.07) is 80.9. The summed E-state index contributed by atoms with van der Waals surface area (Å²) in [5, 5.41) is 10.8. The molecule has 12 aromatic rings. The van der Waals surface area contributed by atoms with E-state index >= 15 is 0 Å². The maximum atomic E-state index is 6.19. The van der Waals surface area contributed by atoms with Crippen molar-refractivity contribution >= 4 is 83.5 Å². The molecule has 0 aliphatic heterocycles. The highest BCUT2D eigenvalue weighted by atomic mass is 28.3. The van der Waals surface area contributed by atoms with Crippen LogP contribution < -0.4 is 20.7 Å². The van der Waals surface area contributed by atoms with Crippen LogP contribution >= 0.6 is 0 Å². The first-order valence-corrected chi connectivity index (χ1v) is 22.7. The molecule has 5 heteroatoms. The Morgan fingerprint density at radius 2 is 0.902 bits per heavy atom. The molecule has 0 spiro atoms. The molecule has 0 aliphatic rings. The van der Waals surface area contributed by atoms with Crippen molar-refractivity contribution in [2.24, 2.45) is 0 Å². The van der Waals surface area contributed by atoms with Gasteiger partial charge in [-0.1, -0.05) is 188 Å². The number of hydrogen-bond donors (Lipinski definition) is 0. The van der Waals surface area contributed by atoms with E-state index < -0.39 is 8.07 Å². The lowest BCUT2D eigenvalue weighted by Crippen LogP contribution is -2.74. The first-order chi connectivity index (χ1) is 30.2. The van der Waals surface area contributed by atoms with E-state index in [-0.39, 0.29) is 0 Å². The number of para-hydroxylation sites is 3. The summed E-state index contributed by atoms with van der Waals surface area (Å²) < 4.78 is 8.43. The molecule has 0 atom stereocenters. The lowest BCUT2D eigenvalue weighted by atomic mass is 10.0. The first kappa shape index (κ1) is 35.1. The number of rotatable bonds is 7. The van der Waals surface area contributed by atoms with Crippen LogP contribution in [0.4, 0.5) is 0 Å². The van der Waals surface area contributed by atoms with Crippen LogP contribution in [0.15, 0.2) is 229 Å². The second kappa shape index (κ2) is 14.2. The summed E-state index contributed by atoms with van der Waals surface area (Å²) in [5.41, 5.74) is 8.98. The van der Waals surface area contributed by atoms with Crippen molar-refractivity contribution in [3.63, 3.8) is 0 Å². The van der Waals surface area contributed by atoms with Crippen molar-refractivity contribution in [1.29, 1.82) is 0 Å². The zero-order valence-electron chi connectivity index (χ0n) is 33.1. The molecule has 12 rings (SSSR count). The van der Waals surface area contributed by atoms with Gasteiger partial charge in [-0.3, -0.25) is 4.57 Å². The molecule has 0 saturated heterocycles. The minimum Gasteiger partial charge on any atom is -0.456 e. The molecule has 0 aliphatic carbocycles. The molecule has 0 radical (unpaired) electrons. The van der Waals surface area contributed by atoms with Gasteiger partial charge in [0.2, 0.25) is 5.95 Å². The van der Waals surface area contributed by atoms with Crippen molar-refractivity contribution in [3.8, 4) is 28.3 Å². The third-order valence-corrected chi connectivity index (χ3v) is 17.1. The standard InChI is InChI=1S/C56H37N3OSi/c1-4-18-41(19-5-1)61(42-20-6-2-7-21-42,43-22-8-3-9-23-43)44-24-16-17-40(35-44)55-48-27-10-13-28-50(48)57-56(58-55)59-51-29-14-11-25-45(51)46-33-31-39(37-52(46)59)38-32-34-54-49(36-38)47-26-12-15-30-53(47)60-54/h1-37H. The van der Waals surface area contributed by atoms with Gasteiger partial charge < -0.3 is 4.42 Å². The van der Waals surface area contributed by atoms with Gasteiger partial charge in [-0.25, -0.2) is 9.97 Å². The Balaban J connectivity index is 1.09. The van der Waals surface area contributed by atoms with Gasteiger partial charge in [0.05, 0.1) is 22.2 Å². The largest absolute Gasteiger partial charge is 0.456 e. The number of furan rings is 1. The van der Waals surface area contributed by atoms with E-state index in [1.54, 1.807) is 0 Å². The van der Waals surface area contributed by atoms with E-state index in [9.17, 15) is 0 Å². The SMILES string of the molecule is c1ccc([Si](c2ccccc2)(c2ccccc2)c2cccc(-c3nc(-n4c5ccccc5c5ccc(-c6ccc7oc8ccccc8c7c6)cc54)nc4ccccc34)c2)cc1. The van der Waals surface area contributed by atoms with Crippen LogP contribution in [0.25, 0.3) is 83.0 Å². The molecule has 286 valence electrons. The van der Waals surface area contributed by atoms with Crippen molar-refractivity contribution in [2.45, 2.75) is 0 Å². The lowest BCUT2D eigenvalue weighted by Gasteiger charge is -2.34. The Bertz CT molecular complexity index is 3500. The Hall–Kier alpha value is -7.86. The Labute approximate surface area is 353 Å². The second-order valence-corrected chi connectivity index (χ2v) is 19.5. The smallest absolute Gasteiger partial charge is 0.235 e. The van der Waals surface area contributed by atoms with Crippen LogP contribution in [0.5, 0.6) is 0 Å². The van der Waals surface area contributed by atoms with E-state index in [2.05, 4.69) is 217 Å². The fourth-order valence-corrected chi connectivity index (χ4v) is 14.4. The predicted octanol–water partition coefficient (Wildman–Crippen LogP) is 11.3. The van der Waals surface area contributed by atoms with Crippen LogP contribution in [-0.2, 0) is 0 Å². The van der Waals surface area contributed by atoms with Gasteiger partial charge in [-0.05, 0) is 68.3 Å². The highest BCUT2D eigenvalue weighted by Crippen LogP contribution is 2.37. The molecule has 0 saturated carbocycles. The average Bonchev–Trinajstić information content (AvgIpc) is 3.88. The number of hydrogen-bond acceptors (Lipinski definition) is 3. The first-order valence-electron chi connectivity index (χ1n) is 20.7. The average molecular weight is 796 g/mol. The van der Waals surface area contributed by atoms with Crippen LogP contribution in [-0.4, -0.2) is 22.6 Å². The Morgan fingerprint density at radius 3 is 1.64 bits per heavy atom. The van der Waals surface area contributed by atoms with Crippen LogP contribution in [0, 0.1) is 0 Å². The summed E-state index contributed by atoms with van der Waals surface area (Å²) in [4.78, 5) is 10.9. The monoisotopic (exact) mass is 795 g/mol. The molecule has 4 nitrogen and oxygen atoms in total. The Morgan fingerprint density at radius 1 is 0.344 bits per heavy atom. The molecule has 9 aromatic carbocycles. The van der Waals surface area contributed by atoms with E-state index in [1.807, 2.05) is 12.1 Å². The molecule has 0 fully saturated rings. The number of aromatic nitrogens is 3. The fourth-order valence-electron chi connectivity index (χ4n) is 9.62. The maximum Gasteiger partial charge on any atom is 0.235 e. The van der Waals surface area contributed by atoms with Crippen LogP contribution in [0.1, 0.15) is 0 Å².